The monoisotopic (exact) mass is 399 g/mol. The highest BCUT2D eigenvalue weighted by Gasteiger charge is 2.08. The molecule has 0 aliphatic heterocycles. The molecule has 3 rings (SSSR count). The minimum absolute atomic E-state index is 0.0165. The van der Waals surface area contributed by atoms with Crippen LogP contribution in [0.2, 0.25) is 0 Å². The van der Waals surface area contributed by atoms with E-state index in [9.17, 15) is 4.79 Å². The van der Waals surface area contributed by atoms with Crippen LogP contribution in [0.4, 0.5) is 5.95 Å². The lowest BCUT2D eigenvalue weighted by molar-refractivity contribution is -0.141. The topological polar surface area (TPSA) is 118 Å². The van der Waals surface area contributed by atoms with Crippen LogP contribution in [-0.2, 0) is 16.1 Å². The molecule has 0 aliphatic carbocycles. The van der Waals surface area contributed by atoms with Gasteiger partial charge in [0.2, 0.25) is 5.95 Å². The third kappa shape index (κ3) is 4.92. The summed E-state index contributed by atoms with van der Waals surface area (Å²) in [4.78, 5) is 24.7. The standard InChI is InChI=1S/C18H21N7O2S/c1-3-27-16(26)9-20-8-14(6-19)23-18-21-7-13-4-5-25(17(13)24-18)10-15-11-28-12(2)22-15/h4-8,11,19-20H,3,9-10H2,1-2H3,(H,21,23,24)/b14-8+,19-6?. The summed E-state index contributed by atoms with van der Waals surface area (Å²) in [6.07, 6.45) is 6.30. The SMILES string of the molecule is CCOC(=O)CN/C=C(\C=N)Nc1ncc2ccn(Cc3csc(C)n3)c2n1. The van der Waals surface area contributed by atoms with Crippen LogP contribution in [-0.4, -0.2) is 44.9 Å². The predicted molar refractivity (Wildman–Crippen MR) is 109 cm³/mol. The molecular formula is C18H21N7O2S. The maximum atomic E-state index is 11.4. The first-order chi connectivity index (χ1) is 13.6. The number of ether oxygens (including phenoxy) is 1. The number of hydrogen-bond donors (Lipinski definition) is 3. The Balaban J connectivity index is 1.72. The summed E-state index contributed by atoms with van der Waals surface area (Å²) in [7, 11) is 0. The van der Waals surface area contributed by atoms with Gasteiger partial charge in [-0.15, -0.1) is 11.3 Å². The van der Waals surface area contributed by atoms with Crippen molar-refractivity contribution >= 4 is 40.5 Å². The van der Waals surface area contributed by atoms with E-state index in [1.165, 1.54) is 6.20 Å². The number of anilines is 1. The summed E-state index contributed by atoms with van der Waals surface area (Å²) in [5.41, 5.74) is 2.17. The van der Waals surface area contributed by atoms with Crippen molar-refractivity contribution < 1.29 is 9.53 Å². The lowest BCUT2D eigenvalue weighted by atomic mass is 10.4. The number of aromatic nitrogens is 4. The average Bonchev–Trinajstić information content (AvgIpc) is 3.27. The first-order valence-electron chi connectivity index (χ1n) is 8.68. The maximum Gasteiger partial charge on any atom is 0.325 e. The van der Waals surface area contributed by atoms with E-state index >= 15 is 0 Å². The Morgan fingerprint density at radius 1 is 1.43 bits per heavy atom. The number of allylic oxidation sites excluding steroid dienone is 1. The summed E-state index contributed by atoms with van der Waals surface area (Å²) in [5, 5.41) is 17.3. The number of nitrogens with zero attached hydrogens (tertiary/aromatic N) is 4. The van der Waals surface area contributed by atoms with Gasteiger partial charge < -0.3 is 25.3 Å². The molecule has 3 aromatic rings. The molecule has 0 spiro atoms. The number of fused-ring (bicyclic) bond motifs is 1. The molecule has 0 radical (unpaired) electrons. The van der Waals surface area contributed by atoms with Gasteiger partial charge in [-0.25, -0.2) is 9.97 Å². The Hall–Kier alpha value is -3.27. The minimum atomic E-state index is -0.365. The van der Waals surface area contributed by atoms with E-state index in [1.54, 1.807) is 24.5 Å². The van der Waals surface area contributed by atoms with Crippen LogP contribution >= 0.6 is 11.3 Å². The van der Waals surface area contributed by atoms with E-state index < -0.39 is 0 Å². The molecule has 0 saturated carbocycles. The van der Waals surface area contributed by atoms with E-state index in [4.69, 9.17) is 10.1 Å². The molecule has 0 bridgehead atoms. The van der Waals surface area contributed by atoms with Gasteiger partial charge in [0, 0.05) is 35.6 Å². The fourth-order valence-corrected chi connectivity index (χ4v) is 3.12. The first kappa shape index (κ1) is 19.5. The van der Waals surface area contributed by atoms with Crippen molar-refractivity contribution in [3.8, 4) is 0 Å². The molecule has 3 heterocycles. The van der Waals surface area contributed by atoms with Gasteiger partial charge in [-0.3, -0.25) is 4.79 Å². The quantitative estimate of drug-likeness (QED) is 0.373. The Morgan fingerprint density at radius 3 is 3.00 bits per heavy atom. The molecule has 146 valence electrons. The lowest BCUT2D eigenvalue weighted by Crippen LogP contribution is -2.21. The van der Waals surface area contributed by atoms with Crippen molar-refractivity contribution in [1.82, 2.24) is 24.8 Å². The number of esters is 1. The molecule has 0 unspecified atom stereocenters. The molecule has 0 aromatic carbocycles. The number of aryl methyl sites for hydroxylation is 1. The molecule has 0 atom stereocenters. The number of nitrogens with one attached hydrogen (secondary N) is 3. The summed E-state index contributed by atoms with van der Waals surface area (Å²) >= 11 is 1.62. The summed E-state index contributed by atoms with van der Waals surface area (Å²) < 4.78 is 6.84. The van der Waals surface area contributed by atoms with Gasteiger partial charge in [-0.05, 0) is 19.9 Å². The molecule has 3 N–H and O–H groups in total. The predicted octanol–water partition coefficient (Wildman–Crippen LogP) is 2.30. The van der Waals surface area contributed by atoms with Crippen molar-refractivity contribution in [2.75, 3.05) is 18.5 Å². The van der Waals surface area contributed by atoms with Crippen LogP contribution in [0.3, 0.4) is 0 Å². The average molecular weight is 399 g/mol. The number of thiazole rings is 1. The van der Waals surface area contributed by atoms with Crippen LogP contribution in [0.25, 0.3) is 11.0 Å². The van der Waals surface area contributed by atoms with Crippen molar-refractivity contribution in [3.05, 3.63) is 46.4 Å². The third-order valence-electron chi connectivity index (χ3n) is 3.72. The fraction of sp³-hybridized carbons (Fsp3) is 0.278. The van der Waals surface area contributed by atoms with Crippen LogP contribution in [0, 0.1) is 12.3 Å². The first-order valence-corrected chi connectivity index (χ1v) is 9.56. The molecule has 0 aliphatic rings. The summed E-state index contributed by atoms with van der Waals surface area (Å²) in [6, 6.07) is 1.95. The largest absolute Gasteiger partial charge is 0.465 e. The van der Waals surface area contributed by atoms with E-state index in [2.05, 4.69) is 25.6 Å². The fourth-order valence-electron chi connectivity index (χ4n) is 2.51. The van der Waals surface area contributed by atoms with Gasteiger partial charge in [-0.1, -0.05) is 0 Å². The third-order valence-corrected chi connectivity index (χ3v) is 4.54. The van der Waals surface area contributed by atoms with Gasteiger partial charge in [0.25, 0.3) is 0 Å². The van der Waals surface area contributed by atoms with E-state index in [0.717, 1.165) is 27.9 Å². The van der Waals surface area contributed by atoms with Crippen LogP contribution in [0.1, 0.15) is 17.6 Å². The van der Waals surface area contributed by atoms with Gasteiger partial charge >= 0.3 is 5.97 Å². The summed E-state index contributed by atoms with van der Waals surface area (Å²) in [6.45, 7) is 4.69. The summed E-state index contributed by atoms with van der Waals surface area (Å²) in [5.74, 6) is -0.00885. The van der Waals surface area contributed by atoms with Gasteiger partial charge in [0.1, 0.15) is 12.2 Å². The van der Waals surface area contributed by atoms with Crippen LogP contribution < -0.4 is 10.6 Å². The zero-order valence-corrected chi connectivity index (χ0v) is 16.4. The zero-order valence-electron chi connectivity index (χ0n) is 15.6. The Bertz CT molecular complexity index is 1010. The number of carbonyl (C=O) groups is 1. The van der Waals surface area contributed by atoms with Gasteiger partial charge in [0.15, 0.2) is 0 Å². The second kappa shape index (κ2) is 9.09. The molecule has 3 aromatic heterocycles. The van der Waals surface area contributed by atoms with Crippen molar-refractivity contribution in [1.29, 1.82) is 5.41 Å². The molecule has 0 fully saturated rings. The highest BCUT2D eigenvalue weighted by atomic mass is 32.1. The second-order valence-corrected chi connectivity index (χ2v) is 6.89. The molecule has 10 heteroatoms. The molecule has 28 heavy (non-hydrogen) atoms. The number of rotatable bonds is 9. The van der Waals surface area contributed by atoms with Crippen molar-refractivity contribution in [2.24, 2.45) is 0 Å². The normalized spacial score (nSPS) is 11.4. The zero-order chi connectivity index (χ0) is 19.9. The van der Waals surface area contributed by atoms with Crippen molar-refractivity contribution in [2.45, 2.75) is 20.4 Å². The van der Waals surface area contributed by atoms with Gasteiger partial charge in [-0.2, -0.15) is 4.98 Å². The van der Waals surface area contributed by atoms with E-state index in [0.29, 0.717) is 24.8 Å². The molecule has 9 nitrogen and oxygen atoms in total. The van der Waals surface area contributed by atoms with E-state index in [-0.39, 0.29) is 12.5 Å². The highest BCUT2D eigenvalue weighted by Crippen LogP contribution is 2.17. The Labute approximate surface area is 166 Å². The molecule has 0 amide bonds. The van der Waals surface area contributed by atoms with E-state index in [1.807, 2.05) is 29.1 Å². The Kier molecular flexibility index (Phi) is 6.33. The van der Waals surface area contributed by atoms with Crippen LogP contribution in [0.15, 0.2) is 35.7 Å². The lowest BCUT2D eigenvalue weighted by Gasteiger charge is -2.08. The second-order valence-electron chi connectivity index (χ2n) is 5.83. The Morgan fingerprint density at radius 2 is 2.29 bits per heavy atom. The molecular weight excluding hydrogens is 378 g/mol. The smallest absolute Gasteiger partial charge is 0.325 e. The molecule has 0 saturated heterocycles. The number of hydrogen-bond acceptors (Lipinski definition) is 9. The number of carbonyl (C=O) groups excluding carboxylic acids is 1. The minimum Gasteiger partial charge on any atom is -0.465 e. The highest BCUT2D eigenvalue weighted by molar-refractivity contribution is 7.09. The van der Waals surface area contributed by atoms with Gasteiger partial charge in [0.05, 0.1) is 29.6 Å². The van der Waals surface area contributed by atoms with Crippen LogP contribution in [0.5, 0.6) is 0 Å². The maximum absolute atomic E-state index is 11.4. The van der Waals surface area contributed by atoms with Crippen molar-refractivity contribution in [3.63, 3.8) is 0 Å².